The molecule has 2 N–H and O–H groups in total. The number of benzene rings is 1. The lowest BCUT2D eigenvalue weighted by molar-refractivity contribution is -0.135. The van der Waals surface area contributed by atoms with E-state index in [9.17, 15) is 4.79 Å². The van der Waals surface area contributed by atoms with Crippen molar-refractivity contribution in [1.82, 2.24) is 9.80 Å². The third-order valence-electron chi connectivity index (χ3n) is 5.59. The molecule has 0 aromatic heterocycles. The van der Waals surface area contributed by atoms with Crippen LogP contribution in [0.4, 0.5) is 0 Å². The molecule has 1 aromatic rings. The van der Waals surface area contributed by atoms with Gasteiger partial charge in [-0.25, -0.2) is 0 Å². The van der Waals surface area contributed by atoms with E-state index in [1.165, 1.54) is 12.0 Å². The van der Waals surface area contributed by atoms with Crippen LogP contribution in [-0.4, -0.2) is 48.4 Å². The summed E-state index contributed by atoms with van der Waals surface area (Å²) in [5, 5.41) is 0. The van der Waals surface area contributed by atoms with E-state index in [1.54, 1.807) is 0 Å². The van der Waals surface area contributed by atoms with Crippen LogP contribution >= 0.6 is 24.8 Å². The molecule has 1 heterocycles. The second kappa shape index (κ2) is 11.1. The summed E-state index contributed by atoms with van der Waals surface area (Å²) in [6.07, 6.45) is 5.24. The van der Waals surface area contributed by atoms with Crippen molar-refractivity contribution in [2.45, 2.75) is 44.7 Å². The second-order valence-corrected chi connectivity index (χ2v) is 7.72. The number of nitrogens with zero attached hydrogens (tertiary/aromatic N) is 2. The van der Waals surface area contributed by atoms with Gasteiger partial charge in [0.15, 0.2) is 0 Å². The quantitative estimate of drug-likeness (QED) is 0.822. The molecule has 4 nitrogen and oxygen atoms in total. The summed E-state index contributed by atoms with van der Waals surface area (Å²) in [4.78, 5) is 17.1. The van der Waals surface area contributed by atoms with Crippen molar-refractivity contribution < 1.29 is 4.79 Å². The van der Waals surface area contributed by atoms with Gasteiger partial charge in [0, 0.05) is 38.6 Å². The number of halogens is 2. The first-order valence-electron chi connectivity index (χ1n) is 9.38. The molecule has 2 aliphatic rings. The maximum absolute atomic E-state index is 12.7. The first kappa shape index (κ1) is 23.2. The van der Waals surface area contributed by atoms with Crippen molar-refractivity contribution in [3.63, 3.8) is 0 Å². The van der Waals surface area contributed by atoms with Gasteiger partial charge in [0.25, 0.3) is 0 Å². The summed E-state index contributed by atoms with van der Waals surface area (Å²) in [7, 11) is 1.97. The van der Waals surface area contributed by atoms with E-state index in [-0.39, 0.29) is 36.8 Å². The van der Waals surface area contributed by atoms with Crippen LogP contribution in [0.25, 0.3) is 0 Å². The zero-order valence-corrected chi connectivity index (χ0v) is 17.3. The zero-order chi connectivity index (χ0) is 16.9. The fraction of sp³-hybridized carbons (Fsp3) is 0.650. The highest BCUT2D eigenvalue weighted by Crippen LogP contribution is 2.26. The molecule has 0 spiro atoms. The Morgan fingerprint density at radius 2 is 1.92 bits per heavy atom. The lowest BCUT2D eigenvalue weighted by atomic mass is 9.85. The highest BCUT2D eigenvalue weighted by atomic mass is 35.5. The first-order chi connectivity index (χ1) is 11.6. The summed E-state index contributed by atoms with van der Waals surface area (Å²) >= 11 is 0. The van der Waals surface area contributed by atoms with Crippen molar-refractivity contribution in [2.24, 2.45) is 17.6 Å². The number of likely N-dealkylation sites (tertiary alicyclic amines) is 1. The Labute approximate surface area is 170 Å². The van der Waals surface area contributed by atoms with Gasteiger partial charge in [0.2, 0.25) is 5.91 Å². The normalized spacial score (nSPS) is 25.8. The Morgan fingerprint density at radius 1 is 1.19 bits per heavy atom. The topological polar surface area (TPSA) is 49.6 Å². The molecule has 1 aliphatic carbocycles. The fourth-order valence-electron chi connectivity index (χ4n) is 4.29. The first-order valence-corrected chi connectivity index (χ1v) is 9.38. The Kier molecular flexibility index (Phi) is 9.94. The summed E-state index contributed by atoms with van der Waals surface area (Å²) in [6, 6.07) is 10.9. The van der Waals surface area contributed by atoms with Gasteiger partial charge in [-0.3, -0.25) is 9.69 Å². The number of hydrogen-bond donors (Lipinski definition) is 1. The highest BCUT2D eigenvalue weighted by molar-refractivity contribution is 5.85. The Morgan fingerprint density at radius 3 is 2.62 bits per heavy atom. The van der Waals surface area contributed by atoms with Crippen molar-refractivity contribution in [1.29, 1.82) is 0 Å². The third kappa shape index (κ3) is 6.41. The standard InChI is InChI=1S/C20H31N3O.2ClH/c1-22(20(24)18-8-5-9-19(21)12-18)13-17-10-11-23(15-17)14-16-6-3-2-4-7-16;;/h2-4,6-7,17-19H,5,8-15,21H2,1H3;2*1H. The van der Waals surface area contributed by atoms with Crippen LogP contribution in [0, 0.1) is 11.8 Å². The van der Waals surface area contributed by atoms with Crippen LogP contribution in [0.1, 0.15) is 37.7 Å². The third-order valence-corrected chi connectivity index (χ3v) is 5.59. The summed E-state index contributed by atoms with van der Waals surface area (Å²) in [6.45, 7) is 4.13. The Balaban J connectivity index is 0.00000169. The molecule has 2 fully saturated rings. The van der Waals surface area contributed by atoms with Gasteiger partial charge in [-0.1, -0.05) is 36.8 Å². The predicted molar refractivity (Wildman–Crippen MR) is 112 cm³/mol. The molecule has 1 amide bonds. The Hall–Kier alpha value is -0.810. The van der Waals surface area contributed by atoms with E-state index in [1.807, 2.05) is 11.9 Å². The molecule has 0 bridgehead atoms. The lowest BCUT2D eigenvalue weighted by Gasteiger charge is -2.30. The van der Waals surface area contributed by atoms with E-state index in [0.29, 0.717) is 11.8 Å². The molecule has 1 aromatic carbocycles. The minimum Gasteiger partial charge on any atom is -0.345 e. The molecular weight excluding hydrogens is 369 g/mol. The summed E-state index contributed by atoms with van der Waals surface area (Å²) in [5.41, 5.74) is 7.41. The van der Waals surface area contributed by atoms with Gasteiger partial charge in [-0.05, 0) is 43.7 Å². The molecule has 148 valence electrons. The van der Waals surface area contributed by atoms with Crippen molar-refractivity contribution >= 4 is 30.7 Å². The van der Waals surface area contributed by atoms with Gasteiger partial charge in [0.1, 0.15) is 0 Å². The Bertz CT molecular complexity index is 543. The molecule has 26 heavy (non-hydrogen) atoms. The van der Waals surface area contributed by atoms with Crippen LogP contribution in [-0.2, 0) is 11.3 Å². The maximum atomic E-state index is 12.7. The molecule has 1 saturated carbocycles. The van der Waals surface area contributed by atoms with E-state index in [2.05, 4.69) is 35.2 Å². The number of nitrogens with two attached hydrogens (primary N) is 1. The summed E-state index contributed by atoms with van der Waals surface area (Å²) in [5.74, 6) is 1.06. The molecule has 3 atom stereocenters. The van der Waals surface area contributed by atoms with Crippen molar-refractivity contribution in [2.75, 3.05) is 26.7 Å². The number of amides is 1. The number of rotatable bonds is 5. The van der Waals surface area contributed by atoms with Crippen molar-refractivity contribution in [3.8, 4) is 0 Å². The smallest absolute Gasteiger partial charge is 0.225 e. The van der Waals surface area contributed by atoms with E-state index < -0.39 is 0 Å². The fourth-order valence-corrected chi connectivity index (χ4v) is 4.29. The van der Waals surface area contributed by atoms with Crippen LogP contribution in [0.2, 0.25) is 0 Å². The maximum Gasteiger partial charge on any atom is 0.225 e. The monoisotopic (exact) mass is 401 g/mol. The van der Waals surface area contributed by atoms with E-state index in [4.69, 9.17) is 5.73 Å². The molecular formula is C20H33Cl2N3O. The van der Waals surface area contributed by atoms with Gasteiger partial charge in [-0.15, -0.1) is 24.8 Å². The molecule has 1 saturated heterocycles. The molecule has 3 unspecified atom stereocenters. The van der Waals surface area contributed by atoms with Crippen LogP contribution in [0.5, 0.6) is 0 Å². The average molecular weight is 402 g/mol. The average Bonchev–Trinajstić information content (AvgIpc) is 3.02. The van der Waals surface area contributed by atoms with Gasteiger partial charge >= 0.3 is 0 Å². The number of hydrogen-bond acceptors (Lipinski definition) is 3. The minimum atomic E-state index is 0. The molecule has 3 rings (SSSR count). The molecule has 6 heteroatoms. The van der Waals surface area contributed by atoms with Crippen LogP contribution in [0.15, 0.2) is 30.3 Å². The SMILES string of the molecule is CN(CC1CCN(Cc2ccccc2)C1)C(=O)C1CCCC(N)C1.Cl.Cl. The van der Waals surface area contributed by atoms with E-state index >= 15 is 0 Å². The largest absolute Gasteiger partial charge is 0.345 e. The van der Waals surface area contributed by atoms with Crippen molar-refractivity contribution in [3.05, 3.63) is 35.9 Å². The molecule has 0 radical (unpaired) electrons. The van der Waals surface area contributed by atoms with Crippen LogP contribution < -0.4 is 5.73 Å². The zero-order valence-electron chi connectivity index (χ0n) is 15.7. The second-order valence-electron chi connectivity index (χ2n) is 7.72. The van der Waals surface area contributed by atoms with Gasteiger partial charge < -0.3 is 10.6 Å². The number of carbonyl (C=O) groups is 1. The van der Waals surface area contributed by atoms with Gasteiger partial charge in [-0.2, -0.15) is 0 Å². The van der Waals surface area contributed by atoms with E-state index in [0.717, 1.165) is 51.9 Å². The number of carbonyl (C=O) groups excluding carboxylic acids is 1. The highest BCUT2D eigenvalue weighted by Gasteiger charge is 2.30. The lowest BCUT2D eigenvalue weighted by Crippen LogP contribution is -2.41. The van der Waals surface area contributed by atoms with Crippen LogP contribution in [0.3, 0.4) is 0 Å². The predicted octanol–water partition coefficient (Wildman–Crippen LogP) is 3.33. The van der Waals surface area contributed by atoms with Gasteiger partial charge in [0.05, 0.1) is 0 Å². The molecule has 1 aliphatic heterocycles. The minimum absolute atomic E-state index is 0. The summed E-state index contributed by atoms with van der Waals surface area (Å²) < 4.78 is 0.